The Morgan fingerprint density at radius 1 is 1.35 bits per heavy atom. The molecule has 0 unspecified atom stereocenters. The van der Waals surface area contributed by atoms with Crippen molar-refractivity contribution < 1.29 is 13.2 Å². The standard InChI is InChI=1S/C11H9BrCl2N2O3S/c1-19-6-9-10(20(14,17)18)11(13)16(15-9)8-4-2-7(12)3-5-8/h2-5H,6H2,1H3. The van der Waals surface area contributed by atoms with E-state index in [1.54, 1.807) is 24.3 Å². The van der Waals surface area contributed by atoms with Gasteiger partial charge in [-0.1, -0.05) is 27.5 Å². The molecule has 2 rings (SSSR count). The molecule has 2 aromatic rings. The Bertz CT molecular complexity index is 729. The molecule has 1 aromatic carbocycles. The second kappa shape index (κ2) is 6.03. The molecule has 0 aliphatic rings. The molecule has 0 bridgehead atoms. The second-order valence-electron chi connectivity index (χ2n) is 3.83. The van der Waals surface area contributed by atoms with Crippen molar-refractivity contribution in [2.45, 2.75) is 11.5 Å². The van der Waals surface area contributed by atoms with Crippen molar-refractivity contribution in [3.8, 4) is 5.69 Å². The summed E-state index contributed by atoms with van der Waals surface area (Å²) in [5.74, 6) is 0. The quantitative estimate of drug-likeness (QED) is 0.739. The first-order valence-corrected chi connectivity index (χ1v) is 8.79. The SMILES string of the molecule is COCc1nn(-c2ccc(Br)cc2)c(Cl)c1S(=O)(=O)Cl. The normalized spacial score (nSPS) is 11.8. The molecular weight excluding hydrogens is 391 g/mol. The van der Waals surface area contributed by atoms with E-state index in [1.165, 1.54) is 11.8 Å². The Kier molecular flexibility index (Phi) is 4.76. The number of hydrogen-bond donors (Lipinski definition) is 0. The summed E-state index contributed by atoms with van der Waals surface area (Å²) in [4.78, 5) is -0.231. The predicted octanol–water partition coefficient (Wildman–Crippen LogP) is 3.36. The van der Waals surface area contributed by atoms with Crippen molar-refractivity contribution in [2.24, 2.45) is 0 Å². The van der Waals surface area contributed by atoms with Gasteiger partial charge in [-0.3, -0.25) is 0 Å². The Balaban J connectivity index is 2.64. The Morgan fingerprint density at radius 2 is 1.95 bits per heavy atom. The van der Waals surface area contributed by atoms with Gasteiger partial charge in [0.1, 0.15) is 10.6 Å². The van der Waals surface area contributed by atoms with Crippen LogP contribution in [0.1, 0.15) is 5.69 Å². The van der Waals surface area contributed by atoms with E-state index in [4.69, 9.17) is 27.0 Å². The molecule has 5 nitrogen and oxygen atoms in total. The summed E-state index contributed by atoms with van der Waals surface area (Å²) in [5, 5.41) is 4.07. The number of aromatic nitrogens is 2. The van der Waals surface area contributed by atoms with Crippen LogP contribution >= 0.6 is 38.2 Å². The van der Waals surface area contributed by atoms with Gasteiger partial charge in [-0.2, -0.15) is 5.10 Å². The van der Waals surface area contributed by atoms with E-state index < -0.39 is 9.05 Å². The molecule has 0 aliphatic carbocycles. The van der Waals surface area contributed by atoms with Crippen LogP contribution in [0.25, 0.3) is 5.69 Å². The first kappa shape index (κ1) is 15.8. The maximum Gasteiger partial charge on any atom is 0.266 e. The average Bonchev–Trinajstić information content (AvgIpc) is 2.67. The van der Waals surface area contributed by atoms with Gasteiger partial charge in [0.15, 0.2) is 5.15 Å². The fourth-order valence-electron chi connectivity index (χ4n) is 1.65. The zero-order valence-corrected chi connectivity index (χ0v) is 14.1. The lowest BCUT2D eigenvalue weighted by Crippen LogP contribution is -1.98. The zero-order valence-electron chi connectivity index (χ0n) is 10.2. The van der Waals surface area contributed by atoms with Gasteiger partial charge in [-0.05, 0) is 24.3 Å². The van der Waals surface area contributed by atoms with Crippen LogP contribution in [0.15, 0.2) is 33.6 Å². The monoisotopic (exact) mass is 398 g/mol. The van der Waals surface area contributed by atoms with Crippen molar-refractivity contribution in [3.05, 3.63) is 39.6 Å². The van der Waals surface area contributed by atoms with Crippen LogP contribution in [0.2, 0.25) is 5.15 Å². The molecule has 108 valence electrons. The number of methoxy groups -OCH3 is 1. The van der Waals surface area contributed by atoms with Gasteiger partial charge in [0.2, 0.25) is 0 Å². The van der Waals surface area contributed by atoms with E-state index >= 15 is 0 Å². The van der Waals surface area contributed by atoms with E-state index in [0.29, 0.717) is 5.69 Å². The lowest BCUT2D eigenvalue weighted by atomic mass is 10.3. The molecule has 0 aliphatic heterocycles. The zero-order chi connectivity index (χ0) is 14.9. The van der Waals surface area contributed by atoms with Gasteiger partial charge >= 0.3 is 0 Å². The molecule has 0 N–H and O–H groups in total. The third kappa shape index (κ3) is 3.17. The Morgan fingerprint density at radius 3 is 2.45 bits per heavy atom. The Labute approximate surface area is 134 Å². The number of rotatable bonds is 4. The summed E-state index contributed by atoms with van der Waals surface area (Å²) in [7, 11) is 2.82. The summed E-state index contributed by atoms with van der Waals surface area (Å²) in [6, 6.07) is 7.06. The first-order valence-electron chi connectivity index (χ1n) is 5.31. The fraction of sp³-hybridized carbons (Fsp3) is 0.182. The van der Waals surface area contributed by atoms with Crippen molar-refractivity contribution in [1.29, 1.82) is 0 Å². The highest BCUT2D eigenvalue weighted by Crippen LogP contribution is 2.31. The Hall–Kier alpha value is -0.600. The van der Waals surface area contributed by atoms with Gasteiger partial charge in [-0.15, -0.1) is 0 Å². The number of halogens is 3. The molecular formula is C11H9BrCl2N2O3S. The summed E-state index contributed by atoms with van der Waals surface area (Å²) in [6.45, 7) is -0.00939. The lowest BCUT2D eigenvalue weighted by molar-refractivity contribution is 0.179. The molecule has 0 atom stereocenters. The van der Waals surface area contributed by atoms with Gasteiger partial charge in [-0.25, -0.2) is 13.1 Å². The minimum Gasteiger partial charge on any atom is -0.378 e. The van der Waals surface area contributed by atoms with Crippen LogP contribution in [0.5, 0.6) is 0 Å². The van der Waals surface area contributed by atoms with Crippen molar-refractivity contribution in [3.63, 3.8) is 0 Å². The van der Waals surface area contributed by atoms with E-state index in [2.05, 4.69) is 21.0 Å². The van der Waals surface area contributed by atoms with Gasteiger partial charge in [0.05, 0.1) is 12.3 Å². The second-order valence-corrected chi connectivity index (χ2v) is 7.60. The smallest absolute Gasteiger partial charge is 0.266 e. The van der Waals surface area contributed by atoms with Crippen molar-refractivity contribution in [1.82, 2.24) is 9.78 Å². The molecule has 0 radical (unpaired) electrons. The van der Waals surface area contributed by atoms with Crippen LogP contribution in [-0.2, 0) is 20.4 Å². The van der Waals surface area contributed by atoms with Crippen LogP contribution in [0.3, 0.4) is 0 Å². The minimum atomic E-state index is -4.01. The molecule has 0 saturated carbocycles. The maximum atomic E-state index is 11.6. The topological polar surface area (TPSA) is 61.2 Å². The molecule has 0 spiro atoms. The highest BCUT2D eigenvalue weighted by Gasteiger charge is 2.26. The molecule has 0 fully saturated rings. The number of hydrogen-bond acceptors (Lipinski definition) is 4. The fourth-order valence-corrected chi connectivity index (χ4v) is 3.74. The molecule has 1 aromatic heterocycles. The molecule has 0 saturated heterocycles. The largest absolute Gasteiger partial charge is 0.378 e. The van der Waals surface area contributed by atoms with Gasteiger partial charge in [0.25, 0.3) is 9.05 Å². The predicted molar refractivity (Wildman–Crippen MR) is 80.0 cm³/mol. The third-order valence-corrected chi connectivity index (χ3v) is 4.82. The van der Waals surface area contributed by atoms with Crippen LogP contribution < -0.4 is 0 Å². The molecule has 0 amide bonds. The highest BCUT2D eigenvalue weighted by atomic mass is 79.9. The van der Waals surface area contributed by atoms with E-state index in [9.17, 15) is 8.42 Å². The third-order valence-electron chi connectivity index (χ3n) is 2.45. The summed E-state index contributed by atoms with van der Waals surface area (Å²) >= 11 is 9.41. The van der Waals surface area contributed by atoms with Crippen LogP contribution in [0.4, 0.5) is 0 Å². The summed E-state index contributed by atoms with van der Waals surface area (Å²) in [5.41, 5.74) is 0.775. The summed E-state index contributed by atoms with van der Waals surface area (Å²) < 4.78 is 30.3. The lowest BCUT2D eigenvalue weighted by Gasteiger charge is -2.02. The number of benzene rings is 1. The van der Waals surface area contributed by atoms with E-state index in [1.807, 2.05) is 0 Å². The first-order chi connectivity index (χ1) is 9.34. The van der Waals surface area contributed by atoms with Gasteiger partial charge < -0.3 is 4.74 Å². The number of ether oxygens (including phenoxy) is 1. The van der Waals surface area contributed by atoms with Crippen LogP contribution in [-0.4, -0.2) is 25.3 Å². The minimum absolute atomic E-state index is 0.00939. The van der Waals surface area contributed by atoms with E-state index in [0.717, 1.165) is 4.47 Å². The molecule has 9 heteroatoms. The maximum absolute atomic E-state index is 11.6. The van der Waals surface area contributed by atoms with Crippen molar-refractivity contribution >= 4 is 47.3 Å². The molecule has 20 heavy (non-hydrogen) atoms. The highest BCUT2D eigenvalue weighted by molar-refractivity contribution is 9.10. The summed E-state index contributed by atoms with van der Waals surface area (Å²) in [6.07, 6.45) is 0. The van der Waals surface area contributed by atoms with Gasteiger partial charge in [0, 0.05) is 22.3 Å². The average molecular weight is 400 g/mol. The van der Waals surface area contributed by atoms with E-state index in [-0.39, 0.29) is 22.3 Å². The van der Waals surface area contributed by atoms with Crippen LogP contribution in [0, 0.1) is 0 Å². The molecule has 1 heterocycles. The van der Waals surface area contributed by atoms with Crippen molar-refractivity contribution in [2.75, 3.05) is 7.11 Å². The number of nitrogens with zero attached hydrogens (tertiary/aromatic N) is 2.